The van der Waals surface area contributed by atoms with Crippen LogP contribution in [0.15, 0.2) is 36.5 Å². The monoisotopic (exact) mass is 238 g/mol. The van der Waals surface area contributed by atoms with Gasteiger partial charge >= 0.3 is 0 Å². The highest BCUT2D eigenvalue weighted by Gasteiger charge is 2.13. The van der Waals surface area contributed by atoms with Crippen LogP contribution in [0.3, 0.4) is 0 Å². The molecule has 88 valence electrons. The van der Waals surface area contributed by atoms with Crippen molar-refractivity contribution in [3.05, 3.63) is 53.3 Å². The van der Waals surface area contributed by atoms with Gasteiger partial charge in [0.05, 0.1) is 5.56 Å². The van der Waals surface area contributed by atoms with Crippen LogP contribution in [0, 0.1) is 18.3 Å². The molecule has 0 aliphatic heterocycles. The van der Waals surface area contributed by atoms with Crippen molar-refractivity contribution in [1.82, 2.24) is 4.98 Å². The van der Waals surface area contributed by atoms with E-state index >= 15 is 0 Å². The molecular weight excluding hydrogens is 228 g/mol. The molecule has 4 nitrogen and oxygen atoms in total. The topological polar surface area (TPSA) is 63.0 Å². The minimum atomic E-state index is 0.190. The number of para-hydroxylation sites is 1. The molecule has 0 radical (unpaired) electrons. The highest BCUT2D eigenvalue weighted by Crippen LogP contribution is 2.28. The van der Waals surface area contributed by atoms with Gasteiger partial charge < -0.3 is 4.74 Å². The summed E-state index contributed by atoms with van der Waals surface area (Å²) in [5, 5.41) is 8.94. The maximum atomic E-state index is 10.9. The van der Waals surface area contributed by atoms with Crippen LogP contribution >= 0.6 is 0 Å². The predicted octanol–water partition coefficient (Wildman–Crippen LogP) is 2.87. The molecule has 0 spiro atoms. The Hall–Kier alpha value is -2.67. The second-order valence-corrected chi connectivity index (χ2v) is 3.66. The molecular formula is C14H10N2O2. The zero-order valence-corrected chi connectivity index (χ0v) is 9.75. The first kappa shape index (κ1) is 11.8. The molecule has 0 fully saturated rings. The molecule has 2 rings (SSSR count). The van der Waals surface area contributed by atoms with Crippen LogP contribution in [0.1, 0.15) is 21.6 Å². The van der Waals surface area contributed by atoms with E-state index in [4.69, 9.17) is 10.00 Å². The van der Waals surface area contributed by atoms with Crippen molar-refractivity contribution >= 4 is 6.29 Å². The molecule has 0 atom stereocenters. The van der Waals surface area contributed by atoms with E-state index in [9.17, 15) is 4.79 Å². The number of benzene rings is 1. The lowest BCUT2D eigenvalue weighted by Crippen LogP contribution is -1.99. The molecule has 0 N–H and O–H groups in total. The standard InChI is InChI=1S/C14H10N2O2/c1-10-11(7-15)8-16-13(9-17)14(10)18-12-5-3-2-4-6-12/h2-6,8-9H,1H3. The van der Waals surface area contributed by atoms with E-state index in [1.807, 2.05) is 24.3 Å². The number of aromatic nitrogens is 1. The average molecular weight is 238 g/mol. The molecule has 4 heteroatoms. The molecule has 0 aliphatic rings. The van der Waals surface area contributed by atoms with Crippen LogP contribution in [0.4, 0.5) is 0 Å². The largest absolute Gasteiger partial charge is 0.455 e. The van der Waals surface area contributed by atoms with E-state index in [0.717, 1.165) is 0 Å². The molecule has 1 aromatic heterocycles. The van der Waals surface area contributed by atoms with E-state index in [0.29, 0.717) is 28.9 Å². The molecule has 1 heterocycles. The highest BCUT2D eigenvalue weighted by molar-refractivity contribution is 5.78. The van der Waals surface area contributed by atoms with E-state index in [1.54, 1.807) is 19.1 Å². The first-order chi connectivity index (χ1) is 8.76. The second-order valence-electron chi connectivity index (χ2n) is 3.66. The first-order valence-electron chi connectivity index (χ1n) is 5.34. The number of aldehydes is 1. The van der Waals surface area contributed by atoms with E-state index < -0.39 is 0 Å². The molecule has 0 saturated carbocycles. The van der Waals surface area contributed by atoms with Crippen LogP contribution in [0.5, 0.6) is 11.5 Å². The average Bonchev–Trinajstić information content (AvgIpc) is 2.42. The van der Waals surface area contributed by atoms with E-state index in [-0.39, 0.29) is 5.69 Å². The van der Waals surface area contributed by atoms with Crippen LogP contribution in [-0.4, -0.2) is 11.3 Å². The summed E-state index contributed by atoms with van der Waals surface area (Å²) in [5.74, 6) is 0.927. The summed E-state index contributed by atoms with van der Waals surface area (Å²) in [6.07, 6.45) is 1.99. The van der Waals surface area contributed by atoms with Crippen LogP contribution in [-0.2, 0) is 0 Å². The van der Waals surface area contributed by atoms with Gasteiger partial charge in [0.25, 0.3) is 0 Å². The maximum absolute atomic E-state index is 10.9. The molecule has 0 bridgehead atoms. The minimum absolute atomic E-state index is 0.190. The quantitative estimate of drug-likeness (QED) is 0.771. The summed E-state index contributed by atoms with van der Waals surface area (Å²) in [5.41, 5.74) is 1.19. The van der Waals surface area contributed by atoms with E-state index in [1.165, 1.54) is 6.20 Å². The van der Waals surface area contributed by atoms with Gasteiger partial charge in [-0.1, -0.05) is 18.2 Å². The lowest BCUT2D eigenvalue weighted by molar-refractivity contribution is 0.111. The fourth-order valence-corrected chi connectivity index (χ4v) is 1.54. The lowest BCUT2D eigenvalue weighted by atomic mass is 10.1. The third-order valence-corrected chi connectivity index (χ3v) is 2.51. The Kier molecular flexibility index (Phi) is 3.35. The van der Waals surface area contributed by atoms with Gasteiger partial charge in [0.1, 0.15) is 17.5 Å². The first-order valence-corrected chi connectivity index (χ1v) is 5.34. The van der Waals surface area contributed by atoms with Crippen molar-refractivity contribution in [2.45, 2.75) is 6.92 Å². The van der Waals surface area contributed by atoms with Gasteiger partial charge in [-0.15, -0.1) is 0 Å². The third-order valence-electron chi connectivity index (χ3n) is 2.51. The van der Waals surface area contributed by atoms with Crippen molar-refractivity contribution in [1.29, 1.82) is 5.26 Å². The Morgan fingerprint density at radius 2 is 2.06 bits per heavy atom. The fourth-order valence-electron chi connectivity index (χ4n) is 1.54. The minimum Gasteiger partial charge on any atom is -0.455 e. The van der Waals surface area contributed by atoms with Crippen molar-refractivity contribution < 1.29 is 9.53 Å². The van der Waals surface area contributed by atoms with Crippen molar-refractivity contribution in [3.8, 4) is 17.6 Å². The second kappa shape index (κ2) is 5.11. The number of carbonyl (C=O) groups excluding carboxylic acids is 1. The Morgan fingerprint density at radius 1 is 1.33 bits per heavy atom. The van der Waals surface area contributed by atoms with Crippen LogP contribution in [0.2, 0.25) is 0 Å². The van der Waals surface area contributed by atoms with Gasteiger partial charge in [-0.2, -0.15) is 5.26 Å². The highest BCUT2D eigenvalue weighted by atomic mass is 16.5. The van der Waals surface area contributed by atoms with Gasteiger partial charge in [0.15, 0.2) is 12.0 Å². The predicted molar refractivity (Wildman–Crippen MR) is 65.6 cm³/mol. The summed E-state index contributed by atoms with van der Waals surface area (Å²) in [4.78, 5) is 14.9. The number of nitriles is 1. The normalized spacial score (nSPS) is 9.56. The number of pyridine rings is 1. The Balaban J connectivity index is 2.49. The van der Waals surface area contributed by atoms with Crippen LogP contribution < -0.4 is 4.74 Å². The van der Waals surface area contributed by atoms with Gasteiger partial charge in [-0.25, -0.2) is 4.98 Å². The summed E-state index contributed by atoms with van der Waals surface area (Å²) >= 11 is 0. The molecule has 18 heavy (non-hydrogen) atoms. The zero-order valence-electron chi connectivity index (χ0n) is 9.75. The number of hydrogen-bond donors (Lipinski definition) is 0. The number of carbonyl (C=O) groups is 1. The zero-order chi connectivity index (χ0) is 13.0. The summed E-state index contributed by atoms with van der Waals surface area (Å²) in [6.45, 7) is 1.73. The summed E-state index contributed by atoms with van der Waals surface area (Å²) in [6, 6.07) is 11.1. The number of rotatable bonds is 3. The third kappa shape index (κ3) is 2.20. The summed E-state index contributed by atoms with van der Waals surface area (Å²) < 4.78 is 5.63. The number of nitrogens with zero attached hydrogens (tertiary/aromatic N) is 2. The number of ether oxygens (including phenoxy) is 1. The Labute approximate surface area is 104 Å². The van der Waals surface area contributed by atoms with Crippen molar-refractivity contribution in [2.75, 3.05) is 0 Å². The molecule has 0 saturated heterocycles. The van der Waals surface area contributed by atoms with E-state index in [2.05, 4.69) is 4.98 Å². The smallest absolute Gasteiger partial charge is 0.172 e. The van der Waals surface area contributed by atoms with Gasteiger partial charge in [0, 0.05) is 11.8 Å². The molecule has 1 aromatic carbocycles. The number of hydrogen-bond acceptors (Lipinski definition) is 4. The van der Waals surface area contributed by atoms with Gasteiger partial charge in [-0.3, -0.25) is 4.79 Å². The Morgan fingerprint density at radius 3 is 2.67 bits per heavy atom. The maximum Gasteiger partial charge on any atom is 0.172 e. The molecule has 0 unspecified atom stereocenters. The SMILES string of the molecule is Cc1c(C#N)cnc(C=O)c1Oc1ccccc1. The summed E-state index contributed by atoms with van der Waals surface area (Å²) in [7, 11) is 0. The molecule has 0 amide bonds. The molecule has 2 aromatic rings. The van der Waals surface area contributed by atoms with Gasteiger partial charge in [-0.05, 0) is 19.1 Å². The fraction of sp³-hybridized carbons (Fsp3) is 0.0714. The Bertz CT molecular complexity index is 616. The van der Waals surface area contributed by atoms with Crippen LogP contribution in [0.25, 0.3) is 0 Å². The lowest BCUT2D eigenvalue weighted by Gasteiger charge is -2.10. The molecule has 0 aliphatic carbocycles. The van der Waals surface area contributed by atoms with Gasteiger partial charge in [0.2, 0.25) is 0 Å². The van der Waals surface area contributed by atoms with Crippen molar-refractivity contribution in [2.24, 2.45) is 0 Å². The van der Waals surface area contributed by atoms with Crippen molar-refractivity contribution in [3.63, 3.8) is 0 Å².